The minimum atomic E-state index is -0.546. The number of amides is 2. The lowest BCUT2D eigenvalue weighted by Gasteiger charge is -2.33. The Morgan fingerprint density at radius 2 is 1.83 bits per heavy atom. The molecule has 0 spiro atoms. The molecular formula is C16H25N3O4. The zero-order valence-corrected chi connectivity index (χ0v) is 14.1. The van der Waals surface area contributed by atoms with E-state index >= 15 is 0 Å². The summed E-state index contributed by atoms with van der Waals surface area (Å²) in [5, 5.41) is 9.52. The molecule has 0 saturated heterocycles. The topological polar surface area (TPSA) is 93.5 Å². The van der Waals surface area contributed by atoms with Crippen LogP contribution < -0.4 is 10.6 Å². The molecule has 7 heteroatoms. The van der Waals surface area contributed by atoms with Gasteiger partial charge in [0.15, 0.2) is 5.69 Å². The van der Waals surface area contributed by atoms with Gasteiger partial charge in [0.25, 0.3) is 5.91 Å². The van der Waals surface area contributed by atoms with E-state index in [0.717, 1.165) is 25.7 Å². The molecule has 0 radical (unpaired) electrons. The molecule has 0 aliphatic heterocycles. The van der Waals surface area contributed by atoms with Crippen LogP contribution in [0.5, 0.6) is 0 Å². The third kappa shape index (κ3) is 5.26. The highest BCUT2D eigenvalue weighted by molar-refractivity contribution is 5.92. The highest BCUT2D eigenvalue weighted by atomic mass is 16.6. The molecule has 7 nitrogen and oxygen atoms in total. The van der Waals surface area contributed by atoms with Crippen LogP contribution in [0.25, 0.3) is 0 Å². The van der Waals surface area contributed by atoms with Crippen molar-refractivity contribution >= 4 is 12.0 Å². The molecule has 1 saturated carbocycles. The normalized spacial score (nSPS) is 21.6. The molecular weight excluding hydrogens is 298 g/mol. The summed E-state index contributed by atoms with van der Waals surface area (Å²) in [7, 11) is 0. The van der Waals surface area contributed by atoms with Crippen molar-refractivity contribution in [2.75, 3.05) is 0 Å². The zero-order chi connectivity index (χ0) is 17.0. The largest absolute Gasteiger partial charge is 0.444 e. The van der Waals surface area contributed by atoms with Gasteiger partial charge in [-0.25, -0.2) is 4.79 Å². The van der Waals surface area contributed by atoms with E-state index in [1.165, 1.54) is 0 Å². The fourth-order valence-electron chi connectivity index (χ4n) is 2.65. The number of nitrogens with zero attached hydrogens (tertiary/aromatic N) is 1. The Morgan fingerprint density at radius 3 is 2.35 bits per heavy atom. The maximum Gasteiger partial charge on any atom is 0.407 e. The summed E-state index contributed by atoms with van der Waals surface area (Å²) in [6.07, 6.45) is 3.18. The molecule has 2 amide bonds. The van der Waals surface area contributed by atoms with Gasteiger partial charge < -0.3 is 19.9 Å². The van der Waals surface area contributed by atoms with E-state index in [2.05, 4.69) is 15.8 Å². The van der Waals surface area contributed by atoms with Crippen LogP contribution in [-0.2, 0) is 4.74 Å². The third-order valence-corrected chi connectivity index (χ3v) is 3.65. The quantitative estimate of drug-likeness (QED) is 0.891. The molecule has 23 heavy (non-hydrogen) atoms. The highest BCUT2D eigenvalue weighted by Crippen LogP contribution is 2.20. The van der Waals surface area contributed by atoms with Crippen molar-refractivity contribution in [1.29, 1.82) is 0 Å². The number of rotatable bonds is 3. The minimum Gasteiger partial charge on any atom is -0.444 e. The summed E-state index contributed by atoms with van der Waals surface area (Å²) in [5.41, 5.74) is -0.292. The fraction of sp³-hybridized carbons (Fsp3) is 0.688. The van der Waals surface area contributed by atoms with Crippen LogP contribution in [0.15, 0.2) is 10.6 Å². The Kier molecular flexibility index (Phi) is 5.28. The van der Waals surface area contributed by atoms with Crippen molar-refractivity contribution < 1.29 is 18.8 Å². The Hall–Kier alpha value is -2.05. The van der Waals surface area contributed by atoms with Crippen molar-refractivity contribution in [3.05, 3.63) is 17.5 Å². The van der Waals surface area contributed by atoms with Crippen molar-refractivity contribution in [1.82, 2.24) is 15.8 Å². The molecule has 2 rings (SSSR count). The molecule has 128 valence electrons. The standard InChI is InChI=1S/C16H25N3O4/c1-10-9-13(19-23-10)14(20)17-11-7-5-6-8-12(11)18-15(21)22-16(2,3)4/h9,11-12H,5-8H2,1-4H3,(H,17,20)(H,18,21)/t11-,12-/m0/s1. The van der Waals surface area contributed by atoms with Gasteiger partial charge in [0.1, 0.15) is 11.4 Å². The predicted octanol–water partition coefficient (Wildman–Crippen LogP) is 2.55. The lowest BCUT2D eigenvalue weighted by Crippen LogP contribution is -2.54. The molecule has 0 aromatic carbocycles. The van der Waals surface area contributed by atoms with E-state index in [1.54, 1.807) is 13.0 Å². The van der Waals surface area contributed by atoms with Gasteiger partial charge >= 0.3 is 6.09 Å². The lowest BCUT2D eigenvalue weighted by atomic mass is 9.90. The lowest BCUT2D eigenvalue weighted by molar-refractivity contribution is 0.0474. The van der Waals surface area contributed by atoms with E-state index in [1.807, 2.05) is 20.8 Å². The first-order valence-electron chi connectivity index (χ1n) is 7.98. The second kappa shape index (κ2) is 7.02. The highest BCUT2D eigenvalue weighted by Gasteiger charge is 2.30. The minimum absolute atomic E-state index is 0.138. The second-order valence-electron chi connectivity index (χ2n) is 6.94. The Morgan fingerprint density at radius 1 is 1.22 bits per heavy atom. The molecule has 1 aromatic heterocycles. The molecule has 0 unspecified atom stereocenters. The van der Waals surface area contributed by atoms with Crippen LogP contribution in [0, 0.1) is 6.92 Å². The Balaban J connectivity index is 1.95. The second-order valence-corrected chi connectivity index (χ2v) is 6.94. The molecule has 1 aliphatic rings. The van der Waals surface area contributed by atoms with Crippen molar-refractivity contribution in [3.8, 4) is 0 Å². The number of aryl methyl sites for hydroxylation is 1. The number of hydrogen-bond acceptors (Lipinski definition) is 5. The third-order valence-electron chi connectivity index (χ3n) is 3.65. The number of aromatic nitrogens is 1. The summed E-state index contributed by atoms with van der Waals surface area (Å²) < 4.78 is 10.2. The van der Waals surface area contributed by atoms with Gasteiger partial charge in [0.2, 0.25) is 0 Å². The Labute approximate surface area is 136 Å². The Bertz CT molecular complexity index is 562. The maximum absolute atomic E-state index is 12.2. The number of ether oxygens (including phenoxy) is 1. The molecule has 1 aromatic rings. The first-order valence-corrected chi connectivity index (χ1v) is 7.98. The van der Waals surface area contributed by atoms with E-state index in [9.17, 15) is 9.59 Å². The first-order chi connectivity index (χ1) is 10.7. The molecule has 1 aliphatic carbocycles. The van der Waals surface area contributed by atoms with Gasteiger partial charge in [-0.1, -0.05) is 18.0 Å². The average Bonchev–Trinajstić information content (AvgIpc) is 2.85. The number of carbonyl (C=O) groups is 2. The van der Waals surface area contributed by atoms with Crippen LogP contribution >= 0.6 is 0 Å². The smallest absolute Gasteiger partial charge is 0.407 e. The van der Waals surface area contributed by atoms with E-state index in [-0.39, 0.29) is 23.7 Å². The van der Waals surface area contributed by atoms with Crippen LogP contribution in [0.1, 0.15) is 62.7 Å². The number of nitrogens with one attached hydrogen (secondary N) is 2. The van der Waals surface area contributed by atoms with E-state index in [0.29, 0.717) is 5.76 Å². The van der Waals surface area contributed by atoms with E-state index < -0.39 is 11.7 Å². The number of alkyl carbamates (subject to hydrolysis) is 1. The summed E-state index contributed by atoms with van der Waals surface area (Å²) in [5.74, 6) is 0.298. The van der Waals surface area contributed by atoms with E-state index in [4.69, 9.17) is 9.26 Å². The van der Waals surface area contributed by atoms with Crippen molar-refractivity contribution in [2.24, 2.45) is 0 Å². The predicted molar refractivity (Wildman–Crippen MR) is 84.1 cm³/mol. The van der Waals surface area contributed by atoms with Crippen LogP contribution in [0.4, 0.5) is 4.79 Å². The molecule has 2 atom stereocenters. The van der Waals surface area contributed by atoms with Crippen molar-refractivity contribution in [2.45, 2.75) is 71.1 Å². The average molecular weight is 323 g/mol. The fourth-order valence-corrected chi connectivity index (χ4v) is 2.65. The number of hydrogen-bond donors (Lipinski definition) is 2. The maximum atomic E-state index is 12.2. The molecule has 1 heterocycles. The van der Waals surface area contributed by atoms with Gasteiger partial charge in [0.05, 0.1) is 6.04 Å². The summed E-state index contributed by atoms with van der Waals surface area (Å²) in [4.78, 5) is 24.2. The van der Waals surface area contributed by atoms with Crippen LogP contribution in [0.2, 0.25) is 0 Å². The summed E-state index contributed by atoms with van der Waals surface area (Å²) in [6.45, 7) is 7.19. The first kappa shape index (κ1) is 17.3. The van der Waals surface area contributed by atoms with Gasteiger partial charge in [-0.2, -0.15) is 0 Å². The zero-order valence-electron chi connectivity index (χ0n) is 14.1. The monoisotopic (exact) mass is 323 g/mol. The number of carbonyl (C=O) groups excluding carboxylic acids is 2. The molecule has 2 N–H and O–H groups in total. The van der Waals surface area contributed by atoms with Crippen molar-refractivity contribution in [3.63, 3.8) is 0 Å². The van der Waals surface area contributed by atoms with Gasteiger partial charge in [-0.3, -0.25) is 4.79 Å². The summed E-state index contributed by atoms with van der Waals surface area (Å²) >= 11 is 0. The molecule has 0 bridgehead atoms. The molecule has 1 fully saturated rings. The summed E-state index contributed by atoms with van der Waals surface area (Å²) in [6, 6.07) is 1.31. The van der Waals surface area contributed by atoms with Crippen LogP contribution in [-0.4, -0.2) is 34.8 Å². The SMILES string of the molecule is Cc1cc(C(=O)N[C@H]2CCCC[C@@H]2NC(=O)OC(C)(C)C)no1. The van der Waals surface area contributed by atoms with Gasteiger partial charge in [0, 0.05) is 12.1 Å². The van der Waals surface area contributed by atoms with Crippen LogP contribution in [0.3, 0.4) is 0 Å². The van der Waals surface area contributed by atoms with Gasteiger partial charge in [-0.05, 0) is 40.5 Å². The van der Waals surface area contributed by atoms with Gasteiger partial charge in [-0.15, -0.1) is 0 Å².